The van der Waals surface area contributed by atoms with Gasteiger partial charge in [-0.1, -0.05) is 24.3 Å². The summed E-state index contributed by atoms with van der Waals surface area (Å²) in [5.41, 5.74) is -2.82. The van der Waals surface area contributed by atoms with E-state index in [1.54, 1.807) is 12.1 Å². The van der Waals surface area contributed by atoms with E-state index < -0.39 is 52.5 Å². The molecular formula is C31H33F6N3O3. The Labute approximate surface area is 245 Å². The average Bonchev–Trinajstić information content (AvgIpc) is 2.95. The van der Waals surface area contributed by atoms with Crippen molar-refractivity contribution >= 4 is 17.4 Å². The molecule has 2 aromatic carbocycles. The molecule has 3 aromatic rings. The minimum absolute atomic E-state index is 0.0337. The molecule has 0 saturated carbocycles. The van der Waals surface area contributed by atoms with Crippen LogP contribution in [-0.4, -0.2) is 53.4 Å². The van der Waals surface area contributed by atoms with E-state index in [0.717, 1.165) is 11.1 Å². The molecule has 1 amide bonds. The monoisotopic (exact) mass is 609 g/mol. The number of nitrogens with zero attached hydrogens (tertiary/aromatic N) is 3. The van der Waals surface area contributed by atoms with E-state index >= 15 is 0 Å². The van der Waals surface area contributed by atoms with E-state index in [-0.39, 0.29) is 18.4 Å². The Morgan fingerprint density at radius 1 is 0.977 bits per heavy atom. The summed E-state index contributed by atoms with van der Waals surface area (Å²) >= 11 is 0. The highest BCUT2D eigenvalue weighted by Crippen LogP contribution is 2.41. The van der Waals surface area contributed by atoms with E-state index in [4.69, 9.17) is 0 Å². The number of carbonyl (C=O) groups is 1. The molecule has 0 aliphatic carbocycles. The van der Waals surface area contributed by atoms with Crippen LogP contribution in [-0.2, 0) is 22.6 Å². The molecule has 2 unspecified atom stereocenters. The fraction of sp³-hybridized carbons (Fsp3) is 0.419. The van der Waals surface area contributed by atoms with Crippen molar-refractivity contribution in [2.24, 2.45) is 0 Å². The number of aryl methyl sites for hydroxylation is 1. The van der Waals surface area contributed by atoms with Crippen molar-refractivity contribution in [2.75, 3.05) is 30.0 Å². The lowest BCUT2D eigenvalue weighted by atomic mass is 9.81. The summed E-state index contributed by atoms with van der Waals surface area (Å²) in [4.78, 5) is 21.5. The maximum Gasteiger partial charge on any atom is 0.416 e. The molecule has 1 aliphatic rings. The van der Waals surface area contributed by atoms with Gasteiger partial charge in [0.1, 0.15) is 5.82 Å². The van der Waals surface area contributed by atoms with Crippen LogP contribution in [0, 0.1) is 6.92 Å². The molecule has 0 bridgehead atoms. The Balaban J connectivity index is 1.82. The Morgan fingerprint density at radius 3 is 2.12 bits per heavy atom. The number of halogens is 6. The second-order valence-electron chi connectivity index (χ2n) is 11.4. The average molecular weight is 610 g/mol. The van der Waals surface area contributed by atoms with E-state index in [2.05, 4.69) is 4.98 Å². The van der Waals surface area contributed by atoms with Gasteiger partial charge >= 0.3 is 12.4 Å². The number of amides is 1. The highest BCUT2D eigenvalue weighted by Gasteiger charge is 2.41. The lowest BCUT2D eigenvalue weighted by Gasteiger charge is -2.38. The first-order chi connectivity index (χ1) is 19.9. The Kier molecular flexibility index (Phi) is 8.86. The number of aliphatic hydroxyl groups excluding tert-OH is 2. The zero-order valence-electron chi connectivity index (χ0n) is 24.1. The summed E-state index contributed by atoms with van der Waals surface area (Å²) in [6.45, 7) is 4.62. The lowest BCUT2D eigenvalue weighted by molar-refractivity contribution is -0.143. The summed E-state index contributed by atoms with van der Waals surface area (Å²) in [6.07, 6.45) is -8.46. The molecule has 1 saturated heterocycles. The van der Waals surface area contributed by atoms with Gasteiger partial charge in [-0.15, -0.1) is 0 Å². The number of aliphatic hydroxyl groups is 2. The molecule has 2 N–H and O–H groups in total. The summed E-state index contributed by atoms with van der Waals surface area (Å²) in [7, 11) is 1.40. The van der Waals surface area contributed by atoms with Crippen LogP contribution in [0.2, 0.25) is 0 Å². The minimum atomic E-state index is -5.06. The number of rotatable bonds is 6. The Morgan fingerprint density at radius 2 is 1.56 bits per heavy atom. The summed E-state index contributed by atoms with van der Waals surface area (Å²) in [6, 6.07) is 9.84. The van der Waals surface area contributed by atoms with Gasteiger partial charge in [0, 0.05) is 19.2 Å². The Hall–Kier alpha value is -3.64. The molecule has 1 fully saturated rings. The second-order valence-corrected chi connectivity index (χ2v) is 11.4. The zero-order valence-corrected chi connectivity index (χ0v) is 24.1. The van der Waals surface area contributed by atoms with Gasteiger partial charge < -0.3 is 20.0 Å². The molecule has 0 spiro atoms. The van der Waals surface area contributed by atoms with Crippen LogP contribution in [0.4, 0.5) is 37.8 Å². The number of hydrogen-bond donors (Lipinski definition) is 2. The maximum atomic E-state index is 13.9. The van der Waals surface area contributed by atoms with E-state index in [1.807, 2.05) is 30.0 Å². The fourth-order valence-electron chi connectivity index (χ4n) is 5.42. The lowest BCUT2D eigenvalue weighted by Crippen LogP contribution is -2.47. The highest BCUT2D eigenvalue weighted by molar-refractivity contribution is 6.03. The highest BCUT2D eigenvalue weighted by atomic mass is 19.4. The zero-order chi connectivity index (χ0) is 31.9. The van der Waals surface area contributed by atoms with Gasteiger partial charge in [-0.25, -0.2) is 4.98 Å². The van der Waals surface area contributed by atoms with Crippen molar-refractivity contribution in [3.63, 3.8) is 0 Å². The first kappa shape index (κ1) is 32.3. The number of pyridine rings is 1. The smallest absolute Gasteiger partial charge is 0.394 e. The van der Waals surface area contributed by atoms with E-state index in [9.17, 15) is 41.4 Å². The van der Waals surface area contributed by atoms with Crippen LogP contribution in [0.25, 0.3) is 11.1 Å². The predicted octanol–water partition coefficient (Wildman–Crippen LogP) is 6.36. The standard InChI is InChI=1S/C31H33F6N3O3/c1-18-7-5-6-8-24(18)25-15-27(40-10-9-23(42)14-22(40)17-41)38-16-26(25)39(4)28(43)29(2,3)19-11-20(30(32,33)34)13-21(12-19)31(35,36)37/h5-8,11-13,15-16,22-23,41-42H,9-10,14,17H2,1-4H3. The number of alkyl halides is 6. The molecular weight excluding hydrogens is 576 g/mol. The molecule has 1 aliphatic heterocycles. The van der Waals surface area contributed by atoms with Crippen molar-refractivity contribution < 1.29 is 41.4 Å². The number of anilines is 2. The van der Waals surface area contributed by atoms with Gasteiger partial charge in [-0.3, -0.25) is 4.79 Å². The van der Waals surface area contributed by atoms with Gasteiger partial charge in [-0.05, 0) is 74.6 Å². The predicted molar refractivity (Wildman–Crippen MR) is 151 cm³/mol. The topological polar surface area (TPSA) is 76.9 Å². The molecule has 0 radical (unpaired) electrons. The third kappa shape index (κ3) is 6.65. The summed E-state index contributed by atoms with van der Waals surface area (Å²) in [5, 5.41) is 20.0. The first-order valence-corrected chi connectivity index (χ1v) is 13.6. The van der Waals surface area contributed by atoms with Crippen molar-refractivity contribution in [3.05, 3.63) is 77.0 Å². The molecule has 43 heavy (non-hydrogen) atoms. The molecule has 12 heteroatoms. The molecule has 4 rings (SSSR count). The van der Waals surface area contributed by atoms with Gasteiger partial charge in [0.2, 0.25) is 5.91 Å². The van der Waals surface area contributed by atoms with E-state index in [1.165, 1.54) is 32.0 Å². The van der Waals surface area contributed by atoms with Crippen molar-refractivity contribution in [2.45, 2.75) is 63.5 Å². The fourth-order valence-corrected chi connectivity index (χ4v) is 5.42. The number of piperidine rings is 1. The molecule has 1 aromatic heterocycles. The number of likely N-dealkylation sites (N-methyl/N-ethyl adjacent to an activating group) is 1. The Bertz CT molecular complexity index is 1460. The number of hydrogen-bond acceptors (Lipinski definition) is 5. The van der Waals surface area contributed by atoms with Crippen LogP contribution in [0.1, 0.15) is 48.9 Å². The summed E-state index contributed by atoms with van der Waals surface area (Å²) in [5.74, 6) is -0.264. The number of aromatic nitrogens is 1. The van der Waals surface area contributed by atoms with Crippen LogP contribution >= 0.6 is 0 Å². The van der Waals surface area contributed by atoms with Gasteiger partial charge in [0.15, 0.2) is 0 Å². The third-order valence-corrected chi connectivity index (χ3v) is 8.01. The minimum Gasteiger partial charge on any atom is -0.394 e. The van der Waals surface area contributed by atoms with Crippen molar-refractivity contribution in [3.8, 4) is 11.1 Å². The van der Waals surface area contributed by atoms with Crippen LogP contribution < -0.4 is 9.80 Å². The molecule has 6 nitrogen and oxygen atoms in total. The van der Waals surface area contributed by atoms with Crippen molar-refractivity contribution in [1.29, 1.82) is 0 Å². The van der Waals surface area contributed by atoms with Crippen LogP contribution in [0.3, 0.4) is 0 Å². The second kappa shape index (κ2) is 11.8. The SMILES string of the molecule is Cc1ccccc1-c1cc(N2CCC(O)CC2CO)ncc1N(C)C(=O)C(C)(C)c1cc(C(F)(F)F)cc(C(F)(F)F)c1. The normalized spacial score (nSPS) is 18.1. The third-order valence-electron chi connectivity index (χ3n) is 8.01. The van der Waals surface area contributed by atoms with Crippen molar-refractivity contribution in [1.82, 2.24) is 4.98 Å². The van der Waals surface area contributed by atoms with Crippen LogP contribution in [0.5, 0.6) is 0 Å². The van der Waals surface area contributed by atoms with Crippen LogP contribution in [0.15, 0.2) is 54.7 Å². The quantitative estimate of drug-likeness (QED) is 0.319. The first-order valence-electron chi connectivity index (χ1n) is 13.6. The molecule has 2 atom stereocenters. The largest absolute Gasteiger partial charge is 0.416 e. The van der Waals surface area contributed by atoms with E-state index in [0.29, 0.717) is 42.9 Å². The number of carbonyl (C=O) groups excluding carboxylic acids is 1. The molecule has 2 heterocycles. The maximum absolute atomic E-state index is 13.9. The van der Waals surface area contributed by atoms with Gasteiger partial charge in [-0.2, -0.15) is 26.3 Å². The van der Waals surface area contributed by atoms with Gasteiger partial charge in [0.05, 0.1) is 47.2 Å². The summed E-state index contributed by atoms with van der Waals surface area (Å²) < 4.78 is 81.5. The molecule has 232 valence electrons. The number of benzene rings is 2. The van der Waals surface area contributed by atoms with Gasteiger partial charge in [0.25, 0.3) is 0 Å².